The second-order valence-corrected chi connectivity index (χ2v) is 9.36. The Morgan fingerprint density at radius 3 is 1.76 bits per heavy atom. The lowest BCUT2D eigenvalue weighted by atomic mass is 10.1. The van der Waals surface area contributed by atoms with Gasteiger partial charge in [0.2, 0.25) is 0 Å². The Labute approximate surface area is 148 Å². The summed E-state index contributed by atoms with van der Waals surface area (Å²) in [4.78, 5) is 0.157. The molecule has 2 aromatic rings. The Hall–Kier alpha value is -2.10. The van der Waals surface area contributed by atoms with Crippen LogP contribution in [0.3, 0.4) is 0 Å². The molecular weight excluding hydrogens is 362 g/mol. The molecule has 0 aromatic heterocycles. The summed E-state index contributed by atoms with van der Waals surface area (Å²) < 4.78 is 54.9. The molecule has 0 atom stereocenters. The van der Waals surface area contributed by atoms with E-state index in [0.717, 1.165) is 4.31 Å². The lowest BCUT2D eigenvalue weighted by molar-refractivity contribution is 0.526. The van der Waals surface area contributed by atoms with Crippen LogP contribution < -0.4 is 9.44 Å². The van der Waals surface area contributed by atoms with E-state index in [-0.39, 0.29) is 4.90 Å². The predicted octanol–water partition coefficient (Wildman–Crippen LogP) is 2.32. The first-order valence-corrected chi connectivity index (χ1v) is 10.3. The van der Waals surface area contributed by atoms with E-state index in [4.69, 9.17) is 0 Å². The average Bonchev–Trinajstić information content (AvgIpc) is 2.52. The van der Waals surface area contributed by atoms with Crippen LogP contribution in [0.4, 0.5) is 11.4 Å². The fourth-order valence-corrected chi connectivity index (χ4v) is 3.89. The molecule has 2 rings (SSSR count). The Balaban J connectivity index is 2.35. The minimum Gasteiger partial charge on any atom is -0.279 e. The molecule has 0 heterocycles. The number of sulfonamides is 1. The highest BCUT2D eigenvalue weighted by atomic mass is 32.2. The molecule has 0 saturated heterocycles. The van der Waals surface area contributed by atoms with Crippen molar-refractivity contribution in [2.24, 2.45) is 0 Å². The Morgan fingerprint density at radius 1 is 0.800 bits per heavy atom. The summed E-state index contributed by atoms with van der Waals surface area (Å²) in [6.07, 6.45) is 0. The first kappa shape index (κ1) is 19.2. The van der Waals surface area contributed by atoms with Crippen LogP contribution in [0.1, 0.15) is 11.1 Å². The van der Waals surface area contributed by atoms with Gasteiger partial charge >= 0.3 is 10.2 Å². The maximum absolute atomic E-state index is 12.4. The fraction of sp³-hybridized carbons (Fsp3) is 0.250. The molecule has 136 valence electrons. The monoisotopic (exact) mass is 383 g/mol. The zero-order valence-electron chi connectivity index (χ0n) is 14.4. The van der Waals surface area contributed by atoms with Crippen LogP contribution in [0.25, 0.3) is 0 Å². The van der Waals surface area contributed by atoms with Gasteiger partial charge in [-0.25, -0.2) is 8.42 Å². The van der Waals surface area contributed by atoms with Gasteiger partial charge in [0, 0.05) is 14.1 Å². The SMILES string of the molecule is Cc1cc(NS(=O)(=O)N(C)C)c(C)cc1NS(=O)(=O)c1ccccc1. The molecule has 0 unspecified atom stereocenters. The van der Waals surface area contributed by atoms with Crippen molar-refractivity contribution in [2.75, 3.05) is 23.5 Å². The van der Waals surface area contributed by atoms with Crippen LogP contribution >= 0.6 is 0 Å². The summed E-state index contributed by atoms with van der Waals surface area (Å²) in [5.41, 5.74) is 1.99. The van der Waals surface area contributed by atoms with E-state index in [9.17, 15) is 16.8 Å². The van der Waals surface area contributed by atoms with Gasteiger partial charge in [-0.15, -0.1) is 0 Å². The summed E-state index contributed by atoms with van der Waals surface area (Å²) in [6, 6.07) is 11.2. The number of nitrogens with zero attached hydrogens (tertiary/aromatic N) is 1. The number of hydrogen-bond acceptors (Lipinski definition) is 4. The van der Waals surface area contributed by atoms with Gasteiger partial charge in [0.15, 0.2) is 0 Å². The molecule has 25 heavy (non-hydrogen) atoms. The molecule has 0 aliphatic carbocycles. The van der Waals surface area contributed by atoms with E-state index < -0.39 is 20.2 Å². The van der Waals surface area contributed by atoms with Crippen molar-refractivity contribution in [3.05, 3.63) is 53.6 Å². The van der Waals surface area contributed by atoms with Crippen LogP contribution in [-0.2, 0) is 20.2 Å². The first-order chi connectivity index (χ1) is 11.5. The van der Waals surface area contributed by atoms with Gasteiger partial charge in [0.25, 0.3) is 10.0 Å². The highest BCUT2D eigenvalue weighted by molar-refractivity contribution is 7.92. The molecule has 0 aliphatic heterocycles. The summed E-state index contributed by atoms with van der Waals surface area (Å²) in [5, 5.41) is 0. The van der Waals surface area contributed by atoms with E-state index in [1.54, 1.807) is 44.2 Å². The smallest absolute Gasteiger partial charge is 0.279 e. The number of benzene rings is 2. The van der Waals surface area contributed by atoms with Crippen molar-refractivity contribution in [1.29, 1.82) is 0 Å². The molecule has 0 spiro atoms. The van der Waals surface area contributed by atoms with Gasteiger partial charge in [0.1, 0.15) is 0 Å². The van der Waals surface area contributed by atoms with E-state index >= 15 is 0 Å². The molecule has 2 N–H and O–H groups in total. The maximum Gasteiger partial charge on any atom is 0.301 e. The lowest BCUT2D eigenvalue weighted by Gasteiger charge is -2.18. The van der Waals surface area contributed by atoms with Crippen molar-refractivity contribution in [3.8, 4) is 0 Å². The molecular formula is C16H21N3O4S2. The van der Waals surface area contributed by atoms with Gasteiger partial charge in [-0.3, -0.25) is 9.44 Å². The van der Waals surface area contributed by atoms with Crippen molar-refractivity contribution in [3.63, 3.8) is 0 Å². The molecule has 7 nitrogen and oxygen atoms in total. The van der Waals surface area contributed by atoms with Crippen LogP contribution in [0.2, 0.25) is 0 Å². The van der Waals surface area contributed by atoms with Crippen molar-refractivity contribution in [2.45, 2.75) is 18.7 Å². The van der Waals surface area contributed by atoms with Crippen LogP contribution in [0.15, 0.2) is 47.4 Å². The molecule has 0 saturated carbocycles. The normalized spacial score (nSPS) is 12.2. The molecule has 2 aromatic carbocycles. The summed E-state index contributed by atoms with van der Waals surface area (Å²) in [5.74, 6) is 0. The molecule has 0 amide bonds. The topological polar surface area (TPSA) is 95.6 Å². The van der Waals surface area contributed by atoms with Crippen molar-refractivity contribution in [1.82, 2.24) is 4.31 Å². The van der Waals surface area contributed by atoms with Crippen molar-refractivity contribution < 1.29 is 16.8 Å². The second kappa shape index (κ2) is 7.03. The van der Waals surface area contributed by atoms with E-state index in [2.05, 4.69) is 9.44 Å². The average molecular weight is 383 g/mol. The molecule has 0 fully saturated rings. The minimum absolute atomic E-state index is 0.157. The van der Waals surface area contributed by atoms with Gasteiger partial charge in [-0.2, -0.15) is 12.7 Å². The molecule has 0 bridgehead atoms. The molecule has 0 radical (unpaired) electrons. The van der Waals surface area contributed by atoms with E-state index in [0.29, 0.717) is 22.5 Å². The summed E-state index contributed by atoms with van der Waals surface area (Å²) in [7, 11) is -4.50. The number of rotatable bonds is 6. The van der Waals surface area contributed by atoms with Crippen LogP contribution in [-0.4, -0.2) is 35.2 Å². The van der Waals surface area contributed by atoms with Crippen LogP contribution in [0.5, 0.6) is 0 Å². The van der Waals surface area contributed by atoms with E-state index in [1.165, 1.54) is 26.2 Å². The Bertz CT molecular complexity index is 970. The maximum atomic E-state index is 12.4. The van der Waals surface area contributed by atoms with Gasteiger partial charge < -0.3 is 0 Å². The molecule has 9 heteroatoms. The third-order valence-electron chi connectivity index (χ3n) is 3.59. The number of hydrogen-bond donors (Lipinski definition) is 2. The molecule has 0 aliphatic rings. The third-order valence-corrected chi connectivity index (χ3v) is 6.41. The van der Waals surface area contributed by atoms with Gasteiger partial charge in [0.05, 0.1) is 16.3 Å². The first-order valence-electron chi connectivity index (χ1n) is 7.42. The Kier molecular flexibility index (Phi) is 5.40. The summed E-state index contributed by atoms with van der Waals surface area (Å²) in [6.45, 7) is 3.41. The van der Waals surface area contributed by atoms with E-state index in [1.807, 2.05) is 0 Å². The minimum atomic E-state index is -3.71. The van der Waals surface area contributed by atoms with Crippen molar-refractivity contribution >= 4 is 31.6 Å². The largest absolute Gasteiger partial charge is 0.301 e. The van der Waals surface area contributed by atoms with Gasteiger partial charge in [-0.1, -0.05) is 18.2 Å². The quantitative estimate of drug-likeness (QED) is 0.800. The van der Waals surface area contributed by atoms with Gasteiger partial charge in [-0.05, 0) is 49.2 Å². The zero-order chi connectivity index (χ0) is 18.8. The Morgan fingerprint density at radius 2 is 1.28 bits per heavy atom. The number of aryl methyl sites for hydroxylation is 2. The zero-order valence-corrected chi connectivity index (χ0v) is 16.1. The number of nitrogens with one attached hydrogen (secondary N) is 2. The lowest BCUT2D eigenvalue weighted by Crippen LogP contribution is -2.29. The fourth-order valence-electron chi connectivity index (χ4n) is 2.07. The third kappa shape index (κ3) is 4.50. The number of anilines is 2. The summed E-state index contributed by atoms with van der Waals surface area (Å²) >= 11 is 0. The highest BCUT2D eigenvalue weighted by Gasteiger charge is 2.18. The van der Waals surface area contributed by atoms with Crippen LogP contribution in [0, 0.1) is 13.8 Å². The highest BCUT2D eigenvalue weighted by Crippen LogP contribution is 2.27. The predicted molar refractivity (Wildman–Crippen MR) is 99.4 cm³/mol. The second-order valence-electron chi connectivity index (χ2n) is 5.79. The standard InChI is InChI=1S/C16H21N3O4S2/c1-12-11-16(18-25(22,23)19(3)4)13(2)10-15(12)17-24(20,21)14-8-6-5-7-9-14/h5-11,17-18H,1-4H3.